The van der Waals surface area contributed by atoms with Gasteiger partial charge in [-0.1, -0.05) is 190 Å². The Hall–Kier alpha value is -3.15. The zero-order valence-corrected chi connectivity index (χ0v) is 39.9. The van der Waals surface area contributed by atoms with Crippen LogP contribution >= 0.6 is 0 Å². The van der Waals surface area contributed by atoms with Crippen molar-refractivity contribution in [3.8, 4) is 0 Å². The molecule has 0 rings (SSSR count). The molecule has 1 unspecified atom stereocenters. The van der Waals surface area contributed by atoms with E-state index in [2.05, 4.69) is 93.7 Å². The molecular weight excluding hydrogens is 757 g/mol. The van der Waals surface area contributed by atoms with E-state index in [1.807, 2.05) is 0 Å². The maximum Gasteiger partial charge on any atom is 0.306 e. The predicted octanol–water partition coefficient (Wildman–Crippen LogP) is 16.6. The Kier molecular flexibility index (Phi) is 46.9. The summed E-state index contributed by atoms with van der Waals surface area (Å²) in [5.41, 5.74) is 0. The highest BCUT2D eigenvalue weighted by Crippen LogP contribution is 2.13. The Morgan fingerprint density at radius 3 is 1.10 bits per heavy atom. The fourth-order valence-electron chi connectivity index (χ4n) is 6.84. The van der Waals surface area contributed by atoms with Crippen molar-refractivity contribution in [1.82, 2.24) is 0 Å². The van der Waals surface area contributed by atoms with Crippen molar-refractivity contribution in [3.05, 3.63) is 72.9 Å². The molecule has 0 spiro atoms. The molecule has 0 aromatic heterocycles. The SMILES string of the molecule is CC/C=C\C/C=C\CCCCCCCC(=O)OCC(COC(=O)CCC/C=C\C/C=C\C/C=C\CCCCCCCC)OC(=O)CCCCC/C=C\CCCCCCCCC. The summed E-state index contributed by atoms with van der Waals surface area (Å²) in [5.74, 6) is -0.989. The molecule has 0 aromatic carbocycles. The zero-order chi connectivity index (χ0) is 44.4. The number of carbonyl (C=O) groups excluding carboxylic acids is 3. The van der Waals surface area contributed by atoms with Gasteiger partial charge in [0.25, 0.3) is 0 Å². The van der Waals surface area contributed by atoms with Gasteiger partial charge in [-0.05, 0) is 103 Å². The van der Waals surface area contributed by atoms with Crippen molar-refractivity contribution < 1.29 is 28.6 Å². The van der Waals surface area contributed by atoms with E-state index in [4.69, 9.17) is 14.2 Å². The van der Waals surface area contributed by atoms with Crippen LogP contribution in [-0.4, -0.2) is 37.2 Å². The Balaban J connectivity index is 4.49. The number of ether oxygens (including phenoxy) is 3. The topological polar surface area (TPSA) is 78.9 Å². The Morgan fingerprint density at radius 2 is 0.656 bits per heavy atom. The van der Waals surface area contributed by atoms with Gasteiger partial charge in [-0.25, -0.2) is 0 Å². The van der Waals surface area contributed by atoms with Gasteiger partial charge in [0.1, 0.15) is 13.2 Å². The van der Waals surface area contributed by atoms with Crippen LogP contribution in [0, 0.1) is 0 Å². The lowest BCUT2D eigenvalue weighted by molar-refractivity contribution is -0.167. The van der Waals surface area contributed by atoms with Gasteiger partial charge in [0.05, 0.1) is 0 Å². The molecule has 350 valence electrons. The van der Waals surface area contributed by atoms with Crippen LogP contribution in [0.2, 0.25) is 0 Å². The minimum Gasteiger partial charge on any atom is -0.462 e. The molecule has 0 N–H and O–H groups in total. The normalized spacial score (nSPS) is 12.6. The highest BCUT2D eigenvalue weighted by Gasteiger charge is 2.19. The van der Waals surface area contributed by atoms with Gasteiger partial charge in [0, 0.05) is 19.3 Å². The van der Waals surface area contributed by atoms with Gasteiger partial charge in [0.15, 0.2) is 6.10 Å². The van der Waals surface area contributed by atoms with E-state index in [9.17, 15) is 14.4 Å². The minimum atomic E-state index is -0.808. The van der Waals surface area contributed by atoms with Crippen molar-refractivity contribution in [2.45, 2.75) is 245 Å². The summed E-state index contributed by atoms with van der Waals surface area (Å²) in [6.07, 6.45) is 61.8. The monoisotopic (exact) mass is 851 g/mol. The smallest absolute Gasteiger partial charge is 0.306 e. The largest absolute Gasteiger partial charge is 0.462 e. The molecule has 0 saturated carbocycles. The van der Waals surface area contributed by atoms with E-state index in [-0.39, 0.29) is 37.5 Å². The Labute approximate surface area is 376 Å². The summed E-state index contributed by atoms with van der Waals surface area (Å²) < 4.78 is 16.7. The maximum absolute atomic E-state index is 12.8. The average Bonchev–Trinajstić information content (AvgIpc) is 3.26. The lowest BCUT2D eigenvalue weighted by Gasteiger charge is -2.18. The van der Waals surface area contributed by atoms with Gasteiger partial charge in [-0.15, -0.1) is 0 Å². The second-order valence-electron chi connectivity index (χ2n) is 16.7. The Bertz CT molecular complexity index is 1160. The van der Waals surface area contributed by atoms with Gasteiger partial charge in [-0.3, -0.25) is 14.4 Å². The summed E-state index contributed by atoms with van der Waals surface area (Å²) in [6.45, 7) is 6.44. The number of hydrogen-bond acceptors (Lipinski definition) is 6. The van der Waals surface area contributed by atoms with Gasteiger partial charge in [0.2, 0.25) is 0 Å². The second kappa shape index (κ2) is 49.5. The molecule has 0 aliphatic carbocycles. The van der Waals surface area contributed by atoms with Crippen molar-refractivity contribution in [1.29, 1.82) is 0 Å². The van der Waals surface area contributed by atoms with Gasteiger partial charge >= 0.3 is 17.9 Å². The number of unbranched alkanes of at least 4 members (excludes halogenated alkanes) is 22. The molecule has 6 nitrogen and oxygen atoms in total. The third-order valence-electron chi connectivity index (χ3n) is 10.7. The maximum atomic E-state index is 12.8. The molecule has 0 radical (unpaired) electrons. The van der Waals surface area contributed by atoms with Crippen molar-refractivity contribution in [2.24, 2.45) is 0 Å². The van der Waals surface area contributed by atoms with Crippen LogP contribution in [0.25, 0.3) is 0 Å². The highest BCUT2D eigenvalue weighted by molar-refractivity contribution is 5.71. The lowest BCUT2D eigenvalue weighted by atomic mass is 10.1. The van der Waals surface area contributed by atoms with E-state index < -0.39 is 6.10 Å². The molecule has 0 amide bonds. The molecule has 0 bridgehead atoms. The van der Waals surface area contributed by atoms with Crippen molar-refractivity contribution in [3.63, 3.8) is 0 Å². The molecule has 0 saturated heterocycles. The fraction of sp³-hybridized carbons (Fsp3) is 0.727. The first-order valence-electron chi connectivity index (χ1n) is 25.4. The highest BCUT2D eigenvalue weighted by atomic mass is 16.6. The van der Waals surface area contributed by atoms with Crippen LogP contribution in [0.3, 0.4) is 0 Å². The molecule has 1 atom stereocenters. The van der Waals surface area contributed by atoms with Crippen molar-refractivity contribution >= 4 is 17.9 Å². The van der Waals surface area contributed by atoms with Crippen molar-refractivity contribution in [2.75, 3.05) is 13.2 Å². The number of hydrogen-bond donors (Lipinski definition) is 0. The van der Waals surface area contributed by atoms with E-state index >= 15 is 0 Å². The van der Waals surface area contributed by atoms with Crippen LogP contribution in [0.4, 0.5) is 0 Å². The van der Waals surface area contributed by atoms with Gasteiger partial charge in [-0.2, -0.15) is 0 Å². The summed E-state index contributed by atoms with van der Waals surface area (Å²) in [4.78, 5) is 37.9. The number of rotatable bonds is 45. The first-order chi connectivity index (χ1) is 30.0. The number of allylic oxidation sites excluding steroid dienone is 12. The third-order valence-corrected chi connectivity index (χ3v) is 10.7. The molecule has 0 heterocycles. The summed E-state index contributed by atoms with van der Waals surface area (Å²) >= 11 is 0. The number of esters is 3. The fourth-order valence-corrected chi connectivity index (χ4v) is 6.84. The summed E-state index contributed by atoms with van der Waals surface area (Å²) in [5, 5.41) is 0. The molecular formula is C55H94O6. The van der Waals surface area contributed by atoms with E-state index in [1.54, 1.807) is 0 Å². The van der Waals surface area contributed by atoms with E-state index in [0.29, 0.717) is 19.3 Å². The van der Waals surface area contributed by atoms with Crippen LogP contribution in [-0.2, 0) is 28.6 Å². The van der Waals surface area contributed by atoms with Crippen LogP contribution in [0.5, 0.6) is 0 Å². The van der Waals surface area contributed by atoms with E-state index in [1.165, 1.54) is 89.9 Å². The summed E-state index contributed by atoms with van der Waals surface area (Å²) in [6, 6.07) is 0. The standard InChI is InChI=1S/C55H94O6/c1-4-7-10-13-16-19-22-25-27-28-29-31-33-36-39-42-45-48-54(57)60-51-52(50-59-53(56)47-44-41-38-35-32-24-21-18-15-12-9-6-3)61-55(58)49-46-43-40-37-34-30-26-23-20-17-14-11-8-5-2/h9,12,18,21,25,27,29-31,34,36,39,52H,4-8,10-11,13-17,19-20,22-24,26,28,32-33,35,37-38,40-51H2,1-3H3/b12-9-,21-18-,27-25-,31-29-,34-30-,39-36-. The summed E-state index contributed by atoms with van der Waals surface area (Å²) in [7, 11) is 0. The minimum absolute atomic E-state index is 0.105. The lowest BCUT2D eigenvalue weighted by Crippen LogP contribution is -2.30. The second-order valence-corrected chi connectivity index (χ2v) is 16.7. The van der Waals surface area contributed by atoms with Crippen LogP contribution < -0.4 is 0 Å². The quantitative estimate of drug-likeness (QED) is 0.0263. The molecule has 0 aliphatic heterocycles. The van der Waals surface area contributed by atoms with Crippen LogP contribution in [0.15, 0.2) is 72.9 Å². The van der Waals surface area contributed by atoms with E-state index in [0.717, 1.165) is 103 Å². The first-order valence-corrected chi connectivity index (χ1v) is 25.4. The first kappa shape index (κ1) is 57.9. The van der Waals surface area contributed by atoms with Crippen LogP contribution in [0.1, 0.15) is 239 Å². The predicted molar refractivity (Wildman–Crippen MR) is 261 cm³/mol. The molecule has 0 fully saturated rings. The average molecular weight is 851 g/mol. The molecule has 61 heavy (non-hydrogen) atoms. The molecule has 0 aromatic rings. The van der Waals surface area contributed by atoms with Gasteiger partial charge < -0.3 is 14.2 Å². The molecule has 6 heteroatoms. The number of carbonyl (C=O) groups is 3. The molecule has 0 aliphatic rings. The Morgan fingerprint density at radius 1 is 0.344 bits per heavy atom. The zero-order valence-electron chi connectivity index (χ0n) is 39.9. The third kappa shape index (κ3) is 47.7.